The van der Waals surface area contributed by atoms with Gasteiger partial charge in [0.05, 0.1) is 7.11 Å². The van der Waals surface area contributed by atoms with E-state index in [1.807, 2.05) is 25.1 Å². The van der Waals surface area contributed by atoms with Crippen LogP contribution < -0.4 is 10.1 Å². The molecule has 1 aromatic rings. The molecule has 1 aromatic carbocycles. The van der Waals surface area contributed by atoms with Crippen molar-refractivity contribution >= 4 is 11.7 Å². The van der Waals surface area contributed by atoms with Crippen molar-refractivity contribution in [2.75, 3.05) is 19.0 Å². The summed E-state index contributed by atoms with van der Waals surface area (Å²) in [6, 6.07) is 5.86. The standard InChI is InChI=1S/C13H19NO3/c1-10-9-11(17-2)6-7-12(10)14-8-4-3-5-13(15)16/h6-7,9,14H,3-5,8H2,1-2H3,(H,15,16). The lowest BCUT2D eigenvalue weighted by Crippen LogP contribution is -2.04. The highest BCUT2D eigenvalue weighted by atomic mass is 16.5. The number of carboxylic acids is 1. The van der Waals surface area contributed by atoms with Gasteiger partial charge >= 0.3 is 5.97 Å². The molecule has 0 aliphatic carbocycles. The molecule has 0 aliphatic heterocycles. The molecule has 0 aromatic heterocycles. The van der Waals surface area contributed by atoms with Crippen LogP contribution in [0.1, 0.15) is 24.8 Å². The SMILES string of the molecule is COc1ccc(NCCCCC(=O)O)c(C)c1. The van der Waals surface area contributed by atoms with E-state index in [0.29, 0.717) is 6.42 Å². The maximum atomic E-state index is 10.3. The summed E-state index contributed by atoms with van der Waals surface area (Å²) >= 11 is 0. The van der Waals surface area contributed by atoms with E-state index < -0.39 is 5.97 Å². The fraction of sp³-hybridized carbons (Fsp3) is 0.462. The summed E-state index contributed by atoms with van der Waals surface area (Å²) in [4.78, 5) is 10.3. The fourth-order valence-electron chi connectivity index (χ4n) is 1.59. The van der Waals surface area contributed by atoms with Gasteiger partial charge in [-0.05, 0) is 43.5 Å². The number of ether oxygens (including phenoxy) is 1. The third kappa shape index (κ3) is 4.76. The summed E-state index contributed by atoms with van der Waals surface area (Å²) in [7, 11) is 1.65. The van der Waals surface area contributed by atoms with Gasteiger partial charge < -0.3 is 15.2 Å². The number of hydrogen-bond acceptors (Lipinski definition) is 3. The topological polar surface area (TPSA) is 58.6 Å². The van der Waals surface area contributed by atoms with E-state index in [1.165, 1.54) is 0 Å². The Morgan fingerprint density at radius 1 is 1.41 bits per heavy atom. The van der Waals surface area contributed by atoms with Gasteiger partial charge in [0.1, 0.15) is 5.75 Å². The van der Waals surface area contributed by atoms with E-state index in [-0.39, 0.29) is 6.42 Å². The zero-order valence-corrected chi connectivity index (χ0v) is 10.3. The molecule has 4 heteroatoms. The molecular weight excluding hydrogens is 218 g/mol. The summed E-state index contributed by atoms with van der Waals surface area (Å²) in [5.41, 5.74) is 2.20. The summed E-state index contributed by atoms with van der Waals surface area (Å²) in [6.45, 7) is 2.81. The number of aryl methyl sites for hydroxylation is 1. The van der Waals surface area contributed by atoms with Crippen LogP contribution in [0.3, 0.4) is 0 Å². The van der Waals surface area contributed by atoms with Crippen LogP contribution in [0.5, 0.6) is 5.75 Å². The van der Waals surface area contributed by atoms with Crippen LogP contribution in [0.25, 0.3) is 0 Å². The highest BCUT2D eigenvalue weighted by Gasteiger charge is 2.00. The summed E-state index contributed by atoms with van der Waals surface area (Å²) in [6.07, 6.45) is 1.80. The lowest BCUT2D eigenvalue weighted by molar-refractivity contribution is -0.137. The third-order valence-electron chi connectivity index (χ3n) is 2.57. The monoisotopic (exact) mass is 237 g/mol. The van der Waals surface area contributed by atoms with Gasteiger partial charge in [0.25, 0.3) is 0 Å². The maximum absolute atomic E-state index is 10.3. The lowest BCUT2D eigenvalue weighted by Gasteiger charge is -2.10. The number of rotatable bonds is 7. The van der Waals surface area contributed by atoms with Crippen LogP contribution in [0.2, 0.25) is 0 Å². The van der Waals surface area contributed by atoms with Gasteiger partial charge in [-0.15, -0.1) is 0 Å². The number of nitrogens with one attached hydrogen (secondary N) is 1. The van der Waals surface area contributed by atoms with Gasteiger partial charge in [0.2, 0.25) is 0 Å². The first-order chi connectivity index (χ1) is 8.13. The first-order valence-electron chi connectivity index (χ1n) is 5.74. The molecule has 0 spiro atoms. The molecule has 0 heterocycles. The minimum absolute atomic E-state index is 0.239. The Kier molecular flexibility index (Phi) is 5.33. The molecule has 0 bridgehead atoms. The number of aliphatic carboxylic acids is 1. The predicted octanol–water partition coefficient (Wildman–Crippen LogP) is 2.67. The molecule has 4 nitrogen and oxygen atoms in total. The first-order valence-corrected chi connectivity index (χ1v) is 5.74. The smallest absolute Gasteiger partial charge is 0.303 e. The highest BCUT2D eigenvalue weighted by molar-refractivity contribution is 5.66. The van der Waals surface area contributed by atoms with Gasteiger partial charge in [-0.3, -0.25) is 4.79 Å². The number of anilines is 1. The van der Waals surface area contributed by atoms with E-state index >= 15 is 0 Å². The van der Waals surface area contributed by atoms with Crippen LogP contribution >= 0.6 is 0 Å². The third-order valence-corrected chi connectivity index (χ3v) is 2.57. The Hall–Kier alpha value is -1.71. The number of benzene rings is 1. The number of unbranched alkanes of at least 4 members (excludes halogenated alkanes) is 1. The van der Waals surface area contributed by atoms with Crippen molar-refractivity contribution in [1.29, 1.82) is 0 Å². The van der Waals surface area contributed by atoms with Crippen LogP contribution in [0.15, 0.2) is 18.2 Å². The second-order valence-electron chi connectivity index (χ2n) is 3.96. The average molecular weight is 237 g/mol. The van der Waals surface area contributed by atoms with Crippen molar-refractivity contribution in [3.63, 3.8) is 0 Å². The summed E-state index contributed by atoms with van der Waals surface area (Å²) in [5, 5.41) is 11.8. The predicted molar refractivity (Wildman–Crippen MR) is 67.7 cm³/mol. The Morgan fingerprint density at radius 3 is 2.76 bits per heavy atom. The van der Waals surface area contributed by atoms with Crippen LogP contribution in [-0.2, 0) is 4.79 Å². The van der Waals surface area contributed by atoms with Crippen molar-refractivity contribution in [2.24, 2.45) is 0 Å². The molecule has 0 atom stereocenters. The largest absolute Gasteiger partial charge is 0.497 e. The van der Waals surface area contributed by atoms with Gasteiger partial charge in [-0.25, -0.2) is 0 Å². The Bertz CT molecular complexity index is 377. The van der Waals surface area contributed by atoms with E-state index in [2.05, 4.69) is 5.32 Å². The Labute approximate surface area is 102 Å². The first kappa shape index (κ1) is 13.4. The maximum Gasteiger partial charge on any atom is 0.303 e. The zero-order chi connectivity index (χ0) is 12.7. The second kappa shape index (κ2) is 6.78. The van der Waals surface area contributed by atoms with Crippen LogP contribution in [-0.4, -0.2) is 24.7 Å². The number of carbonyl (C=O) groups is 1. The molecule has 17 heavy (non-hydrogen) atoms. The number of hydrogen-bond donors (Lipinski definition) is 2. The van der Waals surface area contributed by atoms with Gasteiger partial charge in [-0.2, -0.15) is 0 Å². The molecule has 0 unspecified atom stereocenters. The van der Waals surface area contributed by atoms with Crippen molar-refractivity contribution in [3.05, 3.63) is 23.8 Å². The van der Waals surface area contributed by atoms with Crippen molar-refractivity contribution in [1.82, 2.24) is 0 Å². The molecule has 94 valence electrons. The van der Waals surface area contributed by atoms with Crippen molar-refractivity contribution < 1.29 is 14.6 Å². The zero-order valence-electron chi connectivity index (χ0n) is 10.3. The van der Waals surface area contributed by atoms with E-state index in [4.69, 9.17) is 9.84 Å². The minimum Gasteiger partial charge on any atom is -0.497 e. The molecule has 0 radical (unpaired) electrons. The highest BCUT2D eigenvalue weighted by Crippen LogP contribution is 2.20. The molecule has 0 aliphatic rings. The average Bonchev–Trinajstić information content (AvgIpc) is 2.30. The summed E-state index contributed by atoms with van der Waals surface area (Å²) in [5.74, 6) is 0.115. The van der Waals surface area contributed by atoms with Gasteiger partial charge in [-0.1, -0.05) is 0 Å². The van der Waals surface area contributed by atoms with E-state index in [1.54, 1.807) is 7.11 Å². The molecule has 1 rings (SSSR count). The fourth-order valence-corrected chi connectivity index (χ4v) is 1.59. The normalized spacial score (nSPS) is 10.0. The van der Waals surface area contributed by atoms with E-state index in [0.717, 1.165) is 30.0 Å². The molecule has 0 amide bonds. The van der Waals surface area contributed by atoms with Crippen LogP contribution in [0.4, 0.5) is 5.69 Å². The molecule has 2 N–H and O–H groups in total. The van der Waals surface area contributed by atoms with Crippen molar-refractivity contribution in [3.8, 4) is 5.75 Å². The lowest BCUT2D eigenvalue weighted by atomic mass is 10.2. The quantitative estimate of drug-likeness (QED) is 0.716. The number of methoxy groups -OCH3 is 1. The van der Waals surface area contributed by atoms with E-state index in [9.17, 15) is 4.79 Å². The molecule has 0 saturated carbocycles. The van der Waals surface area contributed by atoms with Gasteiger partial charge in [0.15, 0.2) is 0 Å². The van der Waals surface area contributed by atoms with Gasteiger partial charge in [0, 0.05) is 18.7 Å². The Morgan fingerprint density at radius 2 is 2.18 bits per heavy atom. The summed E-state index contributed by atoms with van der Waals surface area (Å²) < 4.78 is 5.13. The molecular formula is C13H19NO3. The Balaban J connectivity index is 2.34. The number of carboxylic acid groups (broad SMARTS) is 1. The molecule has 0 fully saturated rings. The second-order valence-corrected chi connectivity index (χ2v) is 3.96. The molecule has 0 saturated heterocycles. The minimum atomic E-state index is -0.731. The van der Waals surface area contributed by atoms with Crippen molar-refractivity contribution in [2.45, 2.75) is 26.2 Å². The van der Waals surface area contributed by atoms with Crippen LogP contribution in [0, 0.1) is 6.92 Å².